The minimum absolute atomic E-state index is 0.278. The van der Waals surface area contributed by atoms with Gasteiger partial charge in [0.05, 0.1) is 11.2 Å². The normalized spacial score (nSPS) is 32.1. The summed E-state index contributed by atoms with van der Waals surface area (Å²) in [5.74, 6) is -0.247. The fourth-order valence-electron chi connectivity index (χ4n) is 6.39. The lowest BCUT2D eigenvalue weighted by molar-refractivity contribution is -0.151. The number of amides is 2. The molecule has 2 amide bonds. The number of primary amides is 1. The summed E-state index contributed by atoms with van der Waals surface area (Å²) in [5, 5.41) is 3.50. The summed E-state index contributed by atoms with van der Waals surface area (Å²) in [6, 6.07) is 6.73. The molecule has 170 valence electrons. The van der Waals surface area contributed by atoms with Crippen LogP contribution in [0.2, 0.25) is 5.02 Å². The van der Waals surface area contributed by atoms with E-state index in [9.17, 15) is 18.0 Å². The van der Waals surface area contributed by atoms with Crippen LogP contribution in [0.15, 0.2) is 24.3 Å². The molecule has 1 aromatic carbocycles. The third kappa shape index (κ3) is 4.34. The van der Waals surface area contributed by atoms with Crippen molar-refractivity contribution in [3.63, 3.8) is 0 Å². The molecule has 4 saturated carbocycles. The van der Waals surface area contributed by atoms with Gasteiger partial charge in [0.15, 0.2) is 0 Å². The minimum Gasteiger partial charge on any atom is -0.369 e. The lowest BCUT2D eigenvalue weighted by atomic mass is 9.46. The molecule has 4 aliphatic rings. The number of carbonyl (C=O) groups excluding carboxylic acids is 2. The summed E-state index contributed by atoms with van der Waals surface area (Å²) in [5.41, 5.74) is 3.84. The van der Waals surface area contributed by atoms with E-state index < -0.39 is 32.4 Å². The van der Waals surface area contributed by atoms with Gasteiger partial charge in [0.1, 0.15) is 5.54 Å². The van der Waals surface area contributed by atoms with Crippen molar-refractivity contribution in [1.82, 2.24) is 10.0 Å². The van der Waals surface area contributed by atoms with Gasteiger partial charge in [-0.25, -0.2) is 8.42 Å². The van der Waals surface area contributed by atoms with E-state index in [4.69, 9.17) is 17.3 Å². The van der Waals surface area contributed by atoms with E-state index in [-0.39, 0.29) is 11.7 Å². The highest BCUT2D eigenvalue weighted by Gasteiger charge is 2.61. The van der Waals surface area contributed by atoms with E-state index in [0.29, 0.717) is 28.8 Å². The Kier molecular flexibility index (Phi) is 5.42. The summed E-state index contributed by atoms with van der Waals surface area (Å²) in [6.07, 6.45) is 4.82. The molecule has 4 fully saturated rings. The number of hydrogen-bond donors (Lipinski definition) is 3. The van der Waals surface area contributed by atoms with Crippen LogP contribution in [-0.2, 0) is 25.4 Å². The standard InChI is InChI=1S/C22H30ClN3O4S/c1-20(2,26-31(29,30)12-16-5-3-4-6-17(16)23)19(28)25-22-10-14-7-15(11-22)9-21(8-14,13-22)18(24)27/h3-6,14-15,26H,7-13H2,1-2H3,(H2,24,27)(H,25,28). The zero-order valence-corrected chi connectivity index (χ0v) is 19.5. The van der Waals surface area contributed by atoms with Gasteiger partial charge in [-0.05, 0) is 75.8 Å². The average Bonchev–Trinajstić information content (AvgIpc) is 2.61. The molecule has 0 spiro atoms. The second-order valence-corrected chi connectivity index (χ2v) is 12.5. The number of rotatable bonds is 7. The highest BCUT2D eigenvalue weighted by atomic mass is 35.5. The molecule has 31 heavy (non-hydrogen) atoms. The molecule has 0 saturated heterocycles. The van der Waals surface area contributed by atoms with Gasteiger partial charge in [-0.2, -0.15) is 4.72 Å². The molecule has 2 unspecified atom stereocenters. The van der Waals surface area contributed by atoms with Gasteiger partial charge >= 0.3 is 0 Å². The topological polar surface area (TPSA) is 118 Å². The van der Waals surface area contributed by atoms with Crippen LogP contribution in [0.4, 0.5) is 0 Å². The molecular weight excluding hydrogens is 438 g/mol. The van der Waals surface area contributed by atoms with Crippen molar-refractivity contribution in [3.05, 3.63) is 34.9 Å². The smallest absolute Gasteiger partial charge is 0.241 e. The first kappa shape index (κ1) is 22.6. The van der Waals surface area contributed by atoms with E-state index in [0.717, 1.165) is 32.1 Å². The lowest BCUT2D eigenvalue weighted by Gasteiger charge is -2.61. The van der Waals surface area contributed by atoms with E-state index in [1.54, 1.807) is 38.1 Å². The van der Waals surface area contributed by atoms with Crippen molar-refractivity contribution >= 4 is 33.4 Å². The van der Waals surface area contributed by atoms with Crippen molar-refractivity contribution in [2.24, 2.45) is 23.0 Å². The van der Waals surface area contributed by atoms with E-state index in [2.05, 4.69) is 10.0 Å². The highest BCUT2D eigenvalue weighted by molar-refractivity contribution is 7.88. The Morgan fingerprint density at radius 3 is 2.35 bits per heavy atom. The highest BCUT2D eigenvalue weighted by Crippen LogP contribution is 2.61. The quantitative estimate of drug-likeness (QED) is 0.570. The Morgan fingerprint density at radius 2 is 1.77 bits per heavy atom. The van der Waals surface area contributed by atoms with Gasteiger partial charge < -0.3 is 11.1 Å². The fourth-order valence-corrected chi connectivity index (χ4v) is 8.27. The summed E-state index contributed by atoms with van der Waals surface area (Å²) >= 11 is 6.10. The predicted molar refractivity (Wildman–Crippen MR) is 118 cm³/mol. The van der Waals surface area contributed by atoms with Gasteiger partial charge in [-0.1, -0.05) is 29.8 Å². The maximum atomic E-state index is 13.2. The van der Waals surface area contributed by atoms with E-state index in [1.165, 1.54) is 0 Å². The number of nitrogens with two attached hydrogens (primary N) is 1. The Labute approximate surface area is 188 Å². The molecular formula is C22H30ClN3O4S. The Bertz CT molecular complexity index is 1010. The van der Waals surface area contributed by atoms with Crippen LogP contribution < -0.4 is 15.8 Å². The van der Waals surface area contributed by atoms with Crippen molar-refractivity contribution in [1.29, 1.82) is 0 Å². The summed E-state index contributed by atoms with van der Waals surface area (Å²) < 4.78 is 28.1. The monoisotopic (exact) mass is 467 g/mol. The first-order chi connectivity index (χ1) is 14.3. The van der Waals surface area contributed by atoms with Crippen molar-refractivity contribution in [3.8, 4) is 0 Å². The van der Waals surface area contributed by atoms with Crippen LogP contribution in [0.5, 0.6) is 0 Å². The Morgan fingerprint density at radius 1 is 1.16 bits per heavy atom. The molecule has 4 bridgehead atoms. The first-order valence-corrected chi connectivity index (χ1v) is 12.7. The van der Waals surface area contributed by atoms with Crippen molar-refractivity contribution in [2.75, 3.05) is 0 Å². The van der Waals surface area contributed by atoms with Crippen LogP contribution in [0.25, 0.3) is 0 Å². The number of benzene rings is 1. The summed E-state index contributed by atoms with van der Waals surface area (Å²) in [6.45, 7) is 3.10. The van der Waals surface area contributed by atoms with Gasteiger partial charge in [-0.3, -0.25) is 9.59 Å². The molecule has 0 radical (unpaired) electrons. The Hall–Kier alpha value is -1.64. The summed E-state index contributed by atoms with van der Waals surface area (Å²) in [4.78, 5) is 25.5. The maximum Gasteiger partial charge on any atom is 0.241 e. The number of nitrogens with one attached hydrogen (secondary N) is 2. The van der Waals surface area contributed by atoms with Crippen LogP contribution in [0.3, 0.4) is 0 Å². The molecule has 4 aliphatic carbocycles. The molecule has 2 atom stereocenters. The second-order valence-electron chi connectivity index (χ2n) is 10.4. The van der Waals surface area contributed by atoms with E-state index in [1.807, 2.05) is 0 Å². The third-order valence-electron chi connectivity index (χ3n) is 7.24. The first-order valence-electron chi connectivity index (χ1n) is 10.7. The predicted octanol–water partition coefficient (Wildman–Crippen LogP) is 2.48. The van der Waals surface area contributed by atoms with E-state index >= 15 is 0 Å². The number of carbonyl (C=O) groups is 2. The largest absolute Gasteiger partial charge is 0.369 e. The molecule has 4 N–H and O–H groups in total. The molecule has 5 rings (SSSR count). The van der Waals surface area contributed by atoms with Gasteiger partial charge in [0, 0.05) is 10.6 Å². The van der Waals surface area contributed by atoms with Crippen LogP contribution in [0, 0.1) is 17.3 Å². The van der Waals surface area contributed by atoms with Crippen molar-refractivity contribution in [2.45, 2.75) is 69.2 Å². The number of sulfonamides is 1. The maximum absolute atomic E-state index is 13.2. The Balaban J connectivity index is 1.49. The molecule has 0 heterocycles. The van der Waals surface area contributed by atoms with Crippen LogP contribution in [0.1, 0.15) is 57.9 Å². The minimum atomic E-state index is -3.82. The number of halogens is 1. The molecule has 0 aliphatic heterocycles. The zero-order chi connectivity index (χ0) is 22.7. The number of hydrogen-bond acceptors (Lipinski definition) is 4. The molecule has 9 heteroatoms. The van der Waals surface area contributed by atoms with Crippen LogP contribution >= 0.6 is 11.6 Å². The third-order valence-corrected chi connectivity index (χ3v) is 9.13. The van der Waals surface area contributed by atoms with Gasteiger partial charge in [0.2, 0.25) is 21.8 Å². The SMILES string of the molecule is CC(C)(NS(=O)(=O)Cc1ccccc1Cl)C(=O)NC12CC3CC(C1)CC(C(N)=O)(C3)C2. The van der Waals surface area contributed by atoms with Crippen molar-refractivity contribution < 1.29 is 18.0 Å². The van der Waals surface area contributed by atoms with Gasteiger partial charge in [-0.15, -0.1) is 0 Å². The summed E-state index contributed by atoms with van der Waals surface area (Å²) in [7, 11) is -3.82. The molecule has 7 nitrogen and oxygen atoms in total. The van der Waals surface area contributed by atoms with Crippen LogP contribution in [-0.4, -0.2) is 31.3 Å². The fraction of sp³-hybridized carbons (Fsp3) is 0.636. The second kappa shape index (κ2) is 7.46. The lowest BCUT2D eigenvalue weighted by Crippen LogP contribution is -2.68. The zero-order valence-electron chi connectivity index (χ0n) is 17.9. The van der Waals surface area contributed by atoms with Gasteiger partial charge in [0.25, 0.3) is 0 Å². The average molecular weight is 468 g/mol. The molecule has 1 aromatic rings. The molecule has 0 aromatic heterocycles.